The third-order valence-corrected chi connectivity index (χ3v) is 5.31. The zero-order chi connectivity index (χ0) is 19.9. The minimum absolute atomic E-state index is 0.297. The van der Waals surface area contributed by atoms with Gasteiger partial charge in [-0.25, -0.2) is 4.79 Å². The van der Waals surface area contributed by atoms with Gasteiger partial charge in [0.1, 0.15) is 5.60 Å². The number of amides is 1. The van der Waals surface area contributed by atoms with Crippen LogP contribution in [0.2, 0.25) is 0 Å². The fourth-order valence-corrected chi connectivity index (χ4v) is 3.64. The minimum atomic E-state index is -0.965. The number of hydrogen-bond acceptors (Lipinski definition) is 4. The van der Waals surface area contributed by atoms with E-state index in [4.69, 9.17) is 10.5 Å². The minimum Gasteiger partial charge on any atom is -0.444 e. The number of benzene rings is 1. The second-order valence-electron chi connectivity index (χ2n) is 7.47. The van der Waals surface area contributed by atoms with E-state index in [0.29, 0.717) is 50.2 Å². The number of rotatable bonds is 5. The molecule has 1 atom stereocenters. The molecule has 8 heteroatoms. The maximum Gasteiger partial charge on any atom is 0.410 e. The van der Waals surface area contributed by atoms with Crippen LogP contribution in [-0.2, 0) is 21.3 Å². The SMILES string of the molecule is CC(C)(C)OC(=O)N1CCN(C(N)=NCCS(=O)Cc2ccccc2)CC1. The molecule has 2 N–H and O–H groups in total. The first-order valence-corrected chi connectivity index (χ1v) is 10.6. The Bertz CT molecular complexity index is 665. The van der Waals surface area contributed by atoms with Crippen LogP contribution in [0, 0.1) is 0 Å². The van der Waals surface area contributed by atoms with E-state index in [9.17, 15) is 9.00 Å². The zero-order valence-electron chi connectivity index (χ0n) is 16.4. The van der Waals surface area contributed by atoms with Gasteiger partial charge in [-0.3, -0.25) is 9.20 Å². The fourth-order valence-electron chi connectivity index (χ4n) is 2.64. The predicted molar refractivity (Wildman–Crippen MR) is 109 cm³/mol. The van der Waals surface area contributed by atoms with Crippen LogP contribution < -0.4 is 5.73 Å². The molecule has 0 radical (unpaired) electrons. The summed E-state index contributed by atoms with van der Waals surface area (Å²) in [5, 5.41) is 0. The molecule has 1 heterocycles. The molecule has 2 rings (SSSR count). The summed E-state index contributed by atoms with van der Waals surface area (Å²) in [6, 6.07) is 9.78. The number of guanidine groups is 1. The average Bonchev–Trinajstić information content (AvgIpc) is 2.61. The third kappa shape index (κ3) is 7.58. The lowest BCUT2D eigenvalue weighted by Crippen LogP contribution is -2.53. The topological polar surface area (TPSA) is 88.2 Å². The molecule has 0 aliphatic carbocycles. The largest absolute Gasteiger partial charge is 0.444 e. The molecule has 27 heavy (non-hydrogen) atoms. The van der Waals surface area contributed by atoms with E-state index in [1.165, 1.54) is 0 Å². The Morgan fingerprint density at radius 3 is 2.33 bits per heavy atom. The number of aliphatic imine (C=N–C) groups is 1. The standard InChI is InChI=1S/C19H30N4O3S/c1-19(2,3)26-18(24)23-12-10-22(11-13-23)17(20)21-9-14-27(25)15-16-7-5-4-6-8-16/h4-8H,9-15H2,1-3H3,(H2,20,21). The van der Waals surface area contributed by atoms with Crippen molar-refractivity contribution in [2.75, 3.05) is 38.5 Å². The summed E-state index contributed by atoms with van der Waals surface area (Å²) in [6.07, 6.45) is -0.297. The highest BCUT2D eigenvalue weighted by Crippen LogP contribution is 2.11. The molecule has 1 fully saturated rings. The smallest absolute Gasteiger partial charge is 0.410 e. The maximum atomic E-state index is 12.1. The number of piperazine rings is 1. The number of nitrogens with two attached hydrogens (primary N) is 1. The Morgan fingerprint density at radius 2 is 1.74 bits per heavy atom. The molecule has 1 aliphatic heterocycles. The summed E-state index contributed by atoms with van der Waals surface area (Å²) in [5.41, 5.74) is 6.62. The quantitative estimate of drug-likeness (QED) is 0.608. The van der Waals surface area contributed by atoms with E-state index < -0.39 is 16.4 Å². The maximum absolute atomic E-state index is 12.1. The van der Waals surface area contributed by atoms with Gasteiger partial charge in [0, 0.05) is 48.5 Å². The summed E-state index contributed by atoms with van der Waals surface area (Å²) >= 11 is 0. The lowest BCUT2D eigenvalue weighted by Gasteiger charge is -2.36. The van der Waals surface area contributed by atoms with Crippen molar-refractivity contribution in [2.45, 2.75) is 32.1 Å². The van der Waals surface area contributed by atoms with Gasteiger partial charge in [-0.1, -0.05) is 30.3 Å². The highest BCUT2D eigenvalue weighted by Gasteiger charge is 2.26. The van der Waals surface area contributed by atoms with Gasteiger partial charge in [0.05, 0.1) is 6.54 Å². The molecule has 0 aromatic heterocycles. The number of carbonyl (C=O) groups is 1. The van der Waals surface area contributed by atoms with Gasteiger partial charge >= 0.3 is 6.09 Å². The number of hydrogen-bond donors (Lipinski definition) is 1. The van der Waals surface area contributed by atoms with Gasteiger partial charge in [0.2, 0.25) is 0 Å². The first-order valence-electron chi connectivity index (χ1n) is 9.16. The van der Waals surface area contributed by atoms with Crippen molar-refractivity contribution in [3.8, 4) is 0 Å². The molecule has 0 saturated carbocycles. The number of carbonyl (C=O) groups excluding carboxylic acids is 1. The normalized spacial score (nSPS) is 16.9. The highest BCUT2D eigenvalue weighted by atomic mass is 32.2. The van der Waals surface area contributed by atoms with Crippen molar-refractivity contribution in [2.24, 2.45) is 10.7 Å². The van der Waals surface area contributed by atoms with E-state index in [-0.39, 0.29) is 6.09 Å². The molecule has 1 aromatic rings. The van der Waals surface area contributed by atoms with Gasteiger partial charge in [-0.05, 0) is 26.3 Å². The molecular weight excluding hydrogens is 364 g/mol. The molecule has 7 nitrogen and oxygen atoms in total. The summed E-state index contributed by atoms with van der Waals surface area (Å²) in [6.45, 7) is 8.31. The van der Waals surface area contributed by atoms with Crippen LogP contribution in [0.4, 0.5) is 4.79 Å². The van der Waals surface area contributed by atoms with Crippen LogP contribution >= 0.6 is 0 Å². The lowest BCUT2D eigenvalue weighted by molar-refractivity contribution is 0.0186. The predicted octanol–water partition coefficient (Wildman–Crippen LogP) is 1.80. The Hall–Kier alpha value is -2.09. The zero-order valence-corrected chi connectivity index (χ0v) is 17.2. The first kappa shape index (κ1) is 21.2. The van der Waals surface area contributed by atoms with Crippen molar-refractivity contribution >= 4 is 22.9 Å². The summed E-state index contributed by atoms with van der Waals surface area (Å²) in [7, 11) is -0.965. The average molecular weight is 395 g/mol. The highest BCUT2D eigenvalue weighted by molar-refractivity contribution is 7.84. The lowest BCUT2D eigenvalue weighted by atomic mass is 10.2. The summed E-state index contributed by atoms with van der Waals surface area (Å²) in [4.78, 5) is 20.1. The molecule has 1 aliphatic rings. The van der Waals surface area contributed by atoms with Crippen LogP contribution in [0.3, 0.4) is 0 Å². The molecule has 0 bridgehead atoms. The Labute approximate surface area is 164 Å². The summed E-state index contributed by atoms with van der Waals surface area (Å²) < 4.78 is 17.5. The van der Waals surface area contributed by atoms with Gasteiger partial charge < -0.3 is 20.3 Å². The van der Waals surface area contributed by atoms with Gasteiger partial charge in [-0.15, -0.1) is 0 Å². The van der Waals surface area contributed by atoms with E-state index in [1.807, 2.05) is 56.0 Å². The van der Waals surface area contributed by atoms with E-state index in [2.05, 4.69) is 4.99 Å². The Morgan fingerprint density at radius 1 is 1.15 bits per heavy atom. The second-order valence-corrected chi connectivity index (χ2v) is 9.04. The number of nitrogens with zero attached hydrogens (tertiary/aromatic N) is 3. The molecule has 0 spiro atoms. The van der Waals surface area contributed by atoms with Crippen LogP contribution in [0.15, 0.2) is 35.3 Å². The molecule has 1 aromatic carbocycles. The Kier molecular flexibility index (Phi) is 7.65. The van der Waals surface area contributed by atoms with Crippen molar-refractivity contribution in [3.05, 3.63) is 35.9 Å². The molecule has 1 unspecified atom stereocenters. The summed E-state index contributed by atoms with van der Waals surface area (Å²) in [5.74, 6) is 1.45. The molecule has 150 valence electrons. The van der Waals surface area contributed by atoms with Gasteiger partial charge in [0.15, 0.2) is 5.96 Å². The second kappa shape index (κ2) is 9.73. The van der Waals surface area contributed by atoms with Crippen LogP contribution in [0.1, 0.15) is 26.3 Å². The Balaban J connectivity index is 1.72. The van der Waals surface area contributed by atoms with Crippen LogP contribution in [-0.4, -0.2) is 70.1 Å². The third-order valence-electron chi connectivity index (χ3n) is 4.02. The van der Waals surface area contributed by atoms with Crippen molar-refractivity contribution in [1.82, 2.24) is 9.80 Å². The van der Waals surface area contributed by atoms with E-state index >= 15 is 0 Å². The molecular formula is C19H30N4O3S. The van der Waals surface area contributed by atoms with Crippen molar-refractivity contribution in [3.63, 3.8) is 0 Å². The number of ether oxygens (including phenoxy) is 1. The molecule has 1 saturated heterocycles. The van der Waals surface area contributed by atoms with E-state index in [0.717, 1.165) is 5.56 Å². The van der Waals surface area contributed by atoms with E-state index in [1.54, 1.807) is 4.90 Å². The van der Waals surface area contributed by atoms with Crippen molar-refractivity contribution in [1.29, 1.82) is 0 Å². The van der Waals surface area contributed by atoms with Crippen molar-refractivity contribution < 1.29 is 13.7 Å². The van der Waals surface area contributed by atoms with Gasteiger partial charge in [-0.2, -0.15) is 0 Å². The van der Waals surface area contributed by atoms with Gasteiger partial charge in [0.25, 0.3) is 0 Å². The monoisotopic (exact) mass is 394 g/mol. The van der Waals surface area contributed by atoms with Crippen LogP contribution in [0.5, 0.6) is 0 Å². The molecule has 1 amide bonds. The first-order chi connectivity index (χ1) is 12.7. The van der Waals surface area contributed by atoms with Crippen LogP contribution in [0.25, 0.3) is 0 Å². The fraction of sp³-hybridized carbons (Fsp3) is 0.579.